The molecule has 35 heavy (non-hydrogen) atoms. The first-order valence-electron chi connectivity index (χ1n) is 13.7. The van der Waals surface area contributed by atoms with E-state index in [9.17, 15) is 14.0 Å². The molecule has 1 atom stereocenters. The Morgan fingerprint density at radius 1 is 1.14 bits per heavy atom. The van der Waals surface area contributed by atoms with Crippen molar-refractivity contribution in [1.29, 1.82) is 0 Å². The van der Waals surface area contributed by atoms with Gasteiger partial charge in [0.1, 0.15) is 5.82 Å². The molecular formula is C28H45FN4O2. The second kappa shape index (κ2) is 13.9. The molecule has 2 N–H and O–H groups in total. The van der Waals surface area contributed by atoms with Gasteiger partial charge in [-0.1, -0.05) is 38.7 Å². The number of Topliss-reactive ketones (excluding diaryl/α,β-unsaturated/α-hetero) is 1. The molecule has 2 aliphatic heterocycles. The number of likely N-dealkylation sites (tertiary alicyclic amines) is 1. The minimum absolute atomic E-state index is 0.00474. The van der Waals surface area contributed by atoms with Gasteiger partial charge in [0.05, 0.1) is 12.7 Å². The van der Waals surface area contributed by atoms with E-state index in [1.165, 1.54) is 17.7 Å². The molecule has 0 radical (unpaired) electrons. The van der Waals surface area contributed by atoms with Gasteiger partial charge in [0.2, 0.25) is 5.91 Å². The van der Waals surface area contributed by atoms with Gasteiger partial charge in [0.25, 0.3) is 0 Å². The van der Waals surface area contributed by atoms with Crippen molar-refractivity contribution in [3.63, 3.8) is 0 Å². The number of aromatic nitrogens is 1. The number of fused-ring (bicyclic) bond motifs is 1. The third kappa shape index (κ3) is 8.55. The first-order valence-corrected chi connectivity index (χ1v) is 13.7. The van der Waals surface area contributed by atoms with E-state index in [4.69, 9.17) is 4.98 Å². The molecule has 0 unspecified atom stereocenters. The summed E-state index contributed by atoms with van der Waals surface area (Å²) in [6, 6.07) is 3.99. The predicted octanol–water partition coefficient (Wildman–Crippen LogP) is 4.86. The average Bonchev–Trinajstić information content (AvgIpc) is 2.86. The van der Waals surface area contributed by atoms with Crippen LogP contribution in [0, 0.1) is 5.41 Å². The molecule has 6 nitrogen and oxygen atoms in total. The lowest BCUT2D eigenvalue weighted by Crippen LogP contribution is -2.51. The summed E-state index contributed by atoms with van der Waals surface area (Å²) in [5.41, 5.74) is 2.06. The van der Waals surface area contributed by atoms with Crippen LogP contribution in [0.25, 0.3) is 0 Å². The standard InChI is InChI=1S/C28H45FN4O2/c1-22(34)25(32-27(35)28(2)15-20-33(21-16-28)19-9-17-29)12-7-5-3-4-6-11-24-14-13-23-10-8-18-30-26(23)31-24/h13-14,25H,3-12,15-21H2,1-2H3,(H,30,31)(H,32,35)/t25-/m0/s1. The summed E-state index contributed by atoms with van der Waals surface area (Å²) < 4.78 is 12.4. The van der Waals surface area contributed by atoms with Gasteiger partial charge in [-0.05, 0) is 83.0 Å². The minimum Gasteiger partial charge on any atom is -0.370 e. The highest BCUT2D eigenvalue weighted by Crippen LogP contribution is 2.31. The largest absolute Gasteiger partial charge is 0.370 e. The monoisotopic (exact) mass is 488 g/mol. The molecule has 3 heterocycles. The molecule has 3 rings (SSSR count). The normalized spacial score (nSPS) is 18.4. The van der Waals surface area contributed by atoms with Crippen LogP contribution in [0.2, 0.25) is 0 Å². The smallest absolute Gasteiger partial charge is 0.226 e. The van der Waals surface area contributed by atoms with Gasteiger partial charge in [0, 0.05) is 24.2 Å². The zero-order chi connectivity index (χ0) is 25.1. The third-order valence-corrected chi connectivity index (χ3v) is 7.79. The second-order valence-corrected chi connectivity index (χ2v) is 10.7. The van der Waals surface area contributed by atoms with Crippen molar-refractivity contribution < 1.29 is 14.0 Å². The van der Waals surface area contributed by atoms with Crippen molar-refractivity contribution in [3.8, 4) is 0 Å². The number of aryl methyl sites for hydroxylation is 2. The Labute approximate surface area is 210 Å². The van der Waals surface area contributed by atoms with E-state index >= 15 is 0 Å². The molecule has 2 aliphatic rings. The Morgan fingerprint density at radius 3 is 2.63 bits per heavy atom. The number of unbranched alkanes of at least 4 members (excludes halogenated alkanes) is 4. The maximum absolute atomic E-state index is 13.0. The molecule has 7 heteroatoms. The van der Waals surface area contributed by atoms with Gasteiger partial charge in [0.15, 0.2) is 5.78 Å². The van der Waals surface area contributed by atoms with E-state index in [1.54, 1.807) is 6.92 Å². The Balaban J connectivity index is 1.31. The summed E-state index contributed by atoms with van der Waals surface area (Å²) >= 11 is 0. The van der Waals surface area contributed by atoms with Crippen LogP contribution in [-0.4, -0.2) is 60.5 Å². The van der Waals surface area contributed by atoms with Crippen molar-refractivity contribution in [2.75, 3.05) is 38.2 Å². The number of anilines is 1. The number of amides is 1. The fraction of sp³-hybridized carbons (Fsp3) is 0.750. The summed E-state index contributed by atoms with van der Waals surface area (Å²) in [4.78, 5) is 32.2. The zero-order valence-corrected chi connectivity index (χ0v) is 21.8. The maximum Gasteiger partial charge on any atom is 0.226 e. The van der Waals surface area contributed by atoms with Crippen LogP contribution in [-0.2, 0) is 22.4 Å². The van der Waals surface area contributed by atoms with E-state index < -0.39 is 11.5 Å². The lowest BCUT2D eigenvalue weighted by Gasteiger charge is -2.38. The lowest BCUT2D eigenvalue weighted by molar-refractivity contribution is -0.136. The molecule has 0 spiro atoms. The molecule has 0 saturated carbocycles. The van der Waals surface area contributed by atoms with Crippen LogP contribution in [0.5, 0.6) is 0 Å². The van der Waals surface area contributed by atoms with Gasteiger partial charge in [-0.2, -0.15) is 0 Å². The number of hydrogen-bond acceptors (Lipinski definition) is 5. The Morgan fingerprint density at radius 2 is 1.89 bits per heavy atom. The summed E-state index contributed by atoms with van der Waals surface area (Å²) in [6.07, 6.45) is 11.5. The highest BCUT2D eigenvalue weighted by Gasteiger charge is 2.37. The Bertz CT molecular complexity index is 823. The van der Waals surface area contributed by atoms with Gasteiger partial charge in [-0.3, -0.25) is 14.0 Å². The number of carbonyl (C=O) groups is 2. The number of carbonyl (C=O) groups excluding carboxylic acids is 2. The van der Waals surface area contributed by atoms with E-state index in [-0.39, 0.29) is 18.4 Å². The van der Waals surface area contributed by atoms with E-state index in [2.05, 4.69) is 27.7 Å². The number of halogens is 1. The van der Waals surface area contributed by atoms with Gasteiger partial charge >= 0.3 is 0 Å². The maximum atomic E-state index is 13.0. The molecule has 0 aromatic carbocycles. The van der Waals surface area contributed by atoms with E-state index in [1.807, 2.05) is 6.92 Å². The van der Waals surface area contributed by atoms with Crippen LogP contribution in [0.1, 0.15) is 89.3 Å². The number of pyridine rings is 1. The minimum atomic E-state index is -0.444. The number of rotatable bonds is 14. The fourth-order valence-electron chi connectivity index (χ4n) is 5.18. The topological polar surface area (TPSA) is 74.3 Å². The molecule has 0 aliphatic carbocycles. The fourth-order valence-corrected chi connectivity index (χ4v) is 5.18. The quantitative estimate of drug-likeness (QED) is 0.366. The van der Waals surface area contributed by atoms with Crippen molar-refractivity contribution in [3.05, 3.63) is 23.4 Å². The first kappa shape index (κ1) is 27.6. The summed E-state index contributed by atoms with van der Waals surface area (Å²) in [7, 11) is 0. The van der Waals surface area contributed by atoms with Crippen LogP contribution in [0.3, 0.4) is 0 Å². The zero-order valence-electron chi connectivity index (χ0n) is 21.8. The van der Waals surface area contributed by atoms with Gasteiger partial charge in [-0.25, -0.2) is 4.98 Å². The molecular weight excluding hydrogens is 443 g/mol. The second-order valence-electron chi connectivity index (χ2n) is 10.7. The highest BCUT2D eigenvalue weighted by molar-refractivity contribution is 5.89. The van der Waals surface area contributed by atoms with Crippen LogP contribution in [0.15, 0.2) is 12.1 Å². The molecule has 1 aromatic rings. The first-order chi connectivity index (χ1) is 16.9. The van der Waals surface area contributed by atoms with Crippen LogP contribution in [0.4, 0.5) is 10.2 Å². The lowest BCUT2D eigenvalue weighted by atomic mass is 9.79. The number of ketones is 1. The summed E-state index contributed by atoms with van der Waals surface area (Å²) in [5.74, 6) is 1.10. The van der Waals surface area contributed by atoms with Crippen molar-refractivity contribution in [2.24, 2.45) is 5.41 Å². The number of alkyl halides is 1. The molecule has 1 amide bonds. The average molecular weight is 489 g/mol. The molecule has 1 aromatic heterocycles. The molecule has 1 fully saturated rings. The summed E-state index contributed by atoms with van der Waals surface area (Å²) in [5, 5.41) is 6.46. The molecule has 1 saturated heterocycles. The van der Waals surface area contributed by atoms with E-state index in [0.717, 1.165) is 89.8 Å². The highest BCUT2D eigenvalue weighted by atomic mass is 19.1. The third-order valence-electron chi connectivity index (χ3n) is 7.79. The predicted molar refractivity (Wildman–Crippen MR) is 139 cm³/mol. The van der Waals surface area contributed by atoms with Gasteiger partial charge in [-0.15, -0.1) is 0 Å². The van der Waals surface area contributed by atoms with Crippen LogP contribution >= 0.6 is 0 Å². The summed E-state index contributed by atoms with van der Waals surface area (Å²) in [6.45, 7) is 6.68. The SMILES string of the molecule is CC(=O)[C@H](CCCCCCCc1ccc2c(n1)NCCC2)NC(=O)C1(C)CCN(CCCF)CC1. The van der Waals surface area contributed by atoms with E-state index in [0.29, 0.717) is 12.8 Å². The van der Waals surface area contributed by atoms with Crippen molar-refractivity contribution >= 4 is 17.5 Å². The van der Waals surface area contributed by atoms with Crippen LogP contribution < -0.4 is 10.6 Å². The number of piperidine rings is 1. The van der Waals surface area contributed by atoms with Crippen molar-refractivity contribution in [1.82, 2.24) is 15.2 Å². The Kier molecular flexibility index (Phi) is 11.0. The number of nitrogens with zero attached hydrogens (tertiary/aromatic N) is 2. The molecule has 196 valence electrons. The van der Waals surface area contributed by atoms with Crippen molar-refractivity contribution in [2.45, 2.75) is 96.9 Å². The Hall–Kier alpha value is -2.02. The number of nitrogens with one attached hydrogen (secondary N) is 2. The molecule has 0 bridgehead atoms. The van der Waals surface area contributed by atoms with Gasteiger partial charge < -0.3 is 15.5 Å². The number of hydrogen-bond donors (Lipinski definition) is 2.